The molecule has 48 heavy (non-hydrogen) atoms. The predicted octanol–water partition coefficient (Wildman–Crippen LogP) is 3.25. The zero-order valence-electron chi connectivity index (χ0n) is 28.1. The number of carbonyl (C=O) groups is 3. The molecule has 4 heterocycles. The summed E-state index contributed by atoms with van der Waals surface area (Å²) in [7, 11) is 0. The minimum atomic E-state index is -1.14. The quantitative estimate of drug-likeness (QED) is 0.139. The molecule has 6 atom stereocenters. The summed E-state index contributed by atoms with van der Waals surface area (Å²) in [6.07, 6.45) is 6.29. The summed E-state index contributed by atoms with van der Waals surface area (Å²) < 4.78 is 17.9. The predicted molar refractivity (Wildman–Crippen MR) is 187 cm³/mol. The lowest BCUT2D eigenvalue weighted by Gasteiger charge is -2.38. The highest BCUT2D eigenvalue weighted by molar-refractivity contribution is 9.09. The Labute approximate surface area is 293 Å². The fraction of sp³-hybridized carbons (Fsp3) is 0.639. The van der Waals surface area contributed by atoms with Crippen molar-refractivity contribution >= 4 is 39.3 Å². The van der Waals surface area contributed by atoms with Crippen molar-refractivity contribution < 1.29 is 33.7 Å². The number of alkyl halides is 1. The van der Waals surface area contributed by atoms with E-state index < -0.39 is 29.6 Å². The van der Waals surface area contributed by atoms with E-state index in [2.05, 4.69) is 34.0 Å². The maximum atomic E-state index is 14.7. The number of rotatable bonds is 18. The number of fused-ring (bicyclic) bond motifs is 1. The third-order valence-corrected chi connectivity index (χ3v) is 10.9. The summed E-state index contributed by atoms with van der Waals surface area (Å²) in [6, 6.07) is 6.47. The van der Waals surface area contributed by atoms with Gasteiger partial charge in [-0.1, -0.05) is 40.9 Å². The Morgan fingerprint density at radius 3 is 2.44 bits per heavy atom. The summed E-state index contributed by atoms with van der Waals surface area (Å²) in [4.78, 5) is 51.2. The number of nitrogens with zero attached hydrogens (tertiary/aromatic N) is 4. The van der Waals surface area contributed by atoms with Gasteiger partial charge in [0.15, 0.2) is 0 Å². The number of carbonyl (C=O) groups excluding carboxylic acids is 3. The monoisotopic (exact) mass is 730 g/mol. The molecule has 4 aliphatic heterocycles. The molecule has 11 nitrogen and oxygen atoms in total. The van der Waals surface area contributed by atoms with Crippen molar-refractivity contribution in [1.29, 1.82) is 0 Å². The van der Waals surface area contributed by atoms with Crippen molar-refractivity contribution in [3.05, 3.63) is 49.6 Å². The SMILES string of the molecule is C=CCN(CCN1CCOCC1)C(=O)C1N(CCCCCCO)C(=O)[C@@H]2[C@H](C(=O)N(CC=C)c3ccc(OCC)cc3)[C@H]3OC12CC3Br. The van der Waals surface area contributed by atoms with Crippen LogP contribution in [0.4, 0.5) is 5.69 Å². The van der Waals surface area contributed by atoms with Crippen LogP contribution in [-0.2, 0) is 23.9 Å². The van der Waals surface area contributed by atoms with Gasteiger partial charge in [0.1, 0.15) is 17.4 Å². The second-order valence-corrected chi connectivity index (χ2v) is 14.2. The number of anilines is 1. The molecule has 1 aromatic rings. The second kappa shape index (κ2) is 16.8. The van der Waals surface area contributed by atoms with Crippen LogP contribution in [0.3, 0.4) is 0 Å². The average molecular weight is 732 g/mol. The highest BCUT2D eigenvalue weighted by Crippen LogP contribution is 2.60. The van der Waals surface area contributed by atoms with Crippen LogP contribution in [0.15, 0.2) is 49.6 Å². The molecule has 4 saturated heterocycles. The van der Waals surface area contributed by atoms with Crippen LogP contribution in [0.2, 0.25) is 0 Å². The van der Waals surface area contributed by atoms with Crippen molar-refractivity contribution in [2.45, 2.75) is 61.6 Å². The van der Waals surface area contributed by atoms with E-state index in [4.69, 9.17) is 14.2 Å². The minimum Gasteiger partial charge on any atom is -0.494 e. The zero-order chi connectivity index (χ0) is 34.3. The number of hydrogen-bond donors (Lipinski definition) is 1. The number of ether oxygens (including phenoxy) is 3. The molecule has 4 fully saturated rings. The molecule has 4 aliphatic rings. The Morgan fingerprint density at radius 2 is 1.77 bits per heavy atom. The van der Waals surface area contributed by atoms with Gasteiger partial charge < -0.3 is 34.0 Å². The van der Waals surface area contributed by atoms with Gasteiger partial charge in [0, 0.05) is 62.9 Å². The number of amides is 3. The molecule has 0 saturated carbocycles. The molecule has 2 bridgehead atoms. The standard InChI is InChI=1S/C36H51BrN4O7/c1-4-15-39(19-18-38-20-23-46-24-21-38)35(45)32-36-25-28(37)31(48-36)29(30(36)34(44)41(32)17-9-7-8-10-22-42)33(43)40(16-5-2)26-11-13-27(14-12-26)47-6-3/h4-5,11-14,28-32,42H,1-2,6-10,15-25H2,3H3/t28?,29-,30-,31-,32?,36?/m0/s1. The normalized spacial score (nSPS) is 27.9. The highest BCUT2D eigenvalue weighted by Gasteiger charge is 2.76. The van der Waals surface area contributed by atoms with Crippen LogP contribution in [0.5, 0.6) is 5.75 Å². The molecule has 12 heteroatoms. The lowest BCUT2D eigenvalue weighted by Crippen LogP contribution is -2.58. The van der Waals surface area contributed by atoms with E-state index in [1.165, 1.54) is 0 Å². The lowest BCUT2D eigenvalue weighted by atomic mass is 9.70. The Balaban J connectivity index is 1.46. The first-order valence-corrected chi connectivity index (χ1v) is 18.3. The number of hydrogen-bond acceptors (Lipinski definition) is 8. The van der Waals surface area contributed by atoms with Crippen LogP contribution in [-0.4, -0.2) is 132 Å². The minimum absolute atomic E-state index is 0.121. The molecular formula is C36H51BrN4O7. The van der Waals surface area contributed by atoms with Gasteiger partial charge in [-0.2, -0.15) is 0 Å². The first-order chi connectivity index (χ1) is 23.3. The molecule has 3 unspecified atom stereocenters. The molecule has 5 rings (SSSR count). The molecule has 1 spiro atoms. The molecule has 3 amide bonds. The van der Waals surface area contributed by atoms with E-state index in [1.54, 1.807) is 26.9 Å². The zero-order valence-corrected chi connectivity index (χ0v) is 29.7. The molecule has 0 aromatic heterocycles. The number of unbranched alkanes of at least 4 members (excludes halogenated alkanes) is 3. The molecule has 0 aliphatic carbocycles. The number of aliphatic hydroxyl groups excluding tert-OH is 1. The van der Waals surface area contributed by atoms with E-state index >= 15 is 0 Å². The van der Waals surface area contributed by atoms with E-state index in [0.29, 0.717) is 76.7 Å². The van der Waals surface area contributed by atoms with Crippen LogP contribution in [0.25, 0.3) is 0 Å². The Bertz CT molecular complexity index is 1290. The maximum Gasteiger partial charge on any atom is 0.248 e. The topological polar surface area (TPSA) is 112 Å². The van der Waals surface area contributed by atoms with Gasteiger partial charge in [0.05, 0.1) is 37.8 Å². The Morgan fingerprint density at radius 1 is 1.06 bits per heavy atom. The number of benzene rings is 1. The van der Waals surface area contributed by atoms with Crippen molar-refractivity contribution in [3.63, 3.8) is 0 Å². The summed E-state index contributed by atoms with van der Waals surface area (Å²) in [5, 5.41) is 9.28. The third-order valence-electron chi connectivity index (χ3n) is 10.1. The summed E-state index contributed by atoms with van der Waals surface area (Å²) in [5.74, 6) is -1.47. The maximum absolute atomic E-state index is 14.7. The van der Waals surface area contributed by atoms with Crippen LogP contribution in [0.1, 0.15) is 39.0 Å². The lowest BCUT2D eigenvalue weighted by molar-refractivity contribution is -0.148. The first-order valence-electron chi connectivity index (χ1n) is 17.4. The smallest absolute Gasteiger partial charge is 0.248 e. The largest absolute Gasteiger partial charge is 0.494 e. The molecule has 1 aromatic carbocycles. The van der Waals surface area contributed by atoms with Gasteiger partial charge in [-0.05, 0) is 50.5 Å². The average Bonchev–Trinajstić information content (AvgIpc) is 3.69. The summed E-state index contributed by atoms with van der Waals surface area (Å²) in [5.41, 5.74) is -0.472. The number of likely N-dealkylation sites (tertiary alicyclic amines) is 1. The second-order valence-electron chi connectivity index (χ2n) is 13.0. The van der Waals surface area contributed by atoms with Crippen molar-refractivity contribution in [1.82, 2.24) is 14.7 Å². The van der Waals surface area contributed by atoms with Crippen molar-refractivity contribution in [2.75, 3.05) is 77.1 Å². The van der Waals surface area contributed by atoms with Gasteiger partial charge in [0.2, 0.25) is 17.7 Å². The van der Waals surface area contributed by atoms with Gasteiger partial charge >= 0.3 is 0 Å². The van der Waals surface area contributed by atoms with Crippen LogP contribution in [0, 0.1) is 11.8 Å². The van der Waals surface area contributed by atoms with Crippen LogP contribution >= 0.6 is 15.9 Å². The molecule has 1 N–H and O–H groups in total. The van der Waals surface area contributed by atoms with Crippen molar-refractivity contribution in [3.8, 4) is 5.75 Å². The number of aliphatic hydroxyl groups is 1. The van der Waals surface area contributed by atoms with Gasteiger partial charge in [-0.15, -0.1) is 13.2 Å². The van der Waals surface area contributed by atoms with E-state index in [9.17, 15) is 19.5 Å². The van der Waals surface area contributed by atoms with Gasteiger partial charge in [-0.25, -0.2) is 0 Å². The van der Waals surface area contributed by atoms with Crippen molar-refractivity contribution in [2.24, 2.45) is 11.8 Å². The molecular weight excluding hydrogens is 680 g/mol. The summed E-state index contributed by atoms with van der Waals surface area (Å²) in [6.45, 7) is 15.5. The van der Waals surface area contributed by atoms with E-state index in [-0.39, 0.29) is 35.7 Å². The van der Waals surface area contributed by atoms with Gasteiger partial charge in [0.25, 0.3) is 0 Å². The highest BCUT2D eigenvalue weighted by atomic mass is 79.9. The fourth-order valence-electron chi connectivity index (χ4n) is 7.91. The summed E-state index contributed by atoms with van der Waals surface area (Å²) >= 11 is 3.81. The Kier molecular flexibility index (Phi) is 12.7. The Hall–Kier alpha value is -2.77. The van der Waals surface area contributed by atoms with Crippen LogP contribution < -0.4 is 9.64 Å². The first kappa shape index (κ1) is 36.5. The number of halogens is 1. The van der Waals surface area contributed by atoms with E-state index in [1.807, 2.05) is 31.2 Å². The number of morpholine rings is 1. The van der Waals surface area contributed by atoms with E-state index in [0.717, 1.165) is 25.9 Å². The van der Waals surface area contributed by atoms with Gasteiger partial charge in [-0.3, -0.25) is 19.3 Å². The molecule has 264 valence electrons. The molecule has 0 radical (unpaired) electrons. The third kappa shape index (κ3) is 7.38. The fourth-order valence-corrected chi connectivity index (χ4v) is 8.85.